The normalized spacial score (nSPS) is 10.9. The van der Waals surface area contributed by atoms with E-state index in [1.807, 2.05) is 0 Å². The van der Waals surface area contributed by atoms with Gasteiger partial charge in [0.05, 0.1) is 0 Å². The fraction of sp³-hybridized carbons (Fsp3) is 0.231. The molecule has 0 aliphatic rings. The largest absolute Gasteiger partial charge is 0.0616 e. The van der Waals surface area contributed by atoms with E-state index in [0.717, 1.165) is 0 Å². The van der Waals surface area contributed by atoms with Crippen molar-refractivity contribution in [1.29, 1.82) is 0 Å². The number of halogens is 1. The standard InChI is InChI=1S/C13H13Br/c1-8-9(2)13(14)10(3)12-7-5-4-6-11(8)12/h4-7H,1-3H3. The van der Waals surface area contributed by atoms with Gasteiger partial charge in [0.2, 0.25) is 0 Å². The van der Waals surface area contributed by atoms with E-state index in [0.29, 0.717) is 0 Å². The Morgan fingerprint density at radius 2 is 1.29 bits per heavy atom. The molecule has 0 nitrogen and oxygen atoms in total. The highest BCUT2D eigenvalue weighted by atomic mass is 79.9. The summed E-state index contributed by atoms with van der Waals surface area (Å²) in [5, 5.41) is 2.72. The van der Waals surface area contributed by atoms with E-state index >= 15 is 0 Å². The lowest BCUT2D eigenvalue weighted by Gasteiger charge is -2.12. The molecule has 0 aliphatic heterocycles. The molecule has 2 rings (SSSR count). The van der Waals surface area contributed by atoms with Crippen molar-refractivity contribution in [2.75, 3.05) is 0 Å². The molecule has 0 fully saturated rings. The zero-order valence-corrected chi connectivity index (χ0v) is 10.3. The van der Waals surface area contributed by atoms with Gasteiger partial charge in [0.1, 0.15) is 0 Å². The van der Waals surface area contributed by atoms with Crippen molar-refractivity contribution in [2.24, 2.45) is 0 Å². The van der Waals surface area contributed by atoms with Crippen molar-refractivity contribution in [1.82, 2.24) is 0 Å². The molecule has 0 heterocycles. The van der Waals surface area contributed by atoms with E-state index in [4.69, 9.17) is 0 Å². The Bertz CT molecular complexity index is 452. The van der Waals surface area contributed by atoms with Crippen LogP contribution in [-0.2, 0) is 0 Å². The van der Waals surface area contributed by atoms with Gasteiger partial charge < -0.3 is 0 Å². The van der Waals surface area contributed by atoms with Crippen LogP contribution < -0.4 is 0 Å². The minimum absolute atomic E-state index is 1.24. The fourth-order valence-corrected chi connectivity index (χ4v) is 2.41. The summed E-state index contributed by atoms with van der Waals surface area (Å²) in [5.41, 5.74) is 4.06. The van der Waals surface area contributed by atoms with Crippen LogP contribution in [0.5, 0.6) is 0 Å². The predicted molar refractivity (Wildman–Crippen MR) is 65.9 cm³/mol. The van der Waals surface area contributed by atoms with Crippen LogP contribution in [0.25, 0.3) is 10.8 Å². The second-order valence-electron chi connectivity index (χ2n) is 3.73. The molecule has 0 aromatic heterocycles. The van der Waals surface area contributed by atoms with Gasteiger partial charge in [-0.3, -0.25) is 0 Å². The Labute approximate surface area is 93.1 Å². The van der Waals surface area contributed by atoms with Crippen LogP contribution in [0.3, 0.4) is 0 Å². The molecule has 0 unspecified atom stereocenters. The van der Waals surface area contributed by atoms with Gasteiger partial charge in [0.25, 0.3) is 0 Å². The van der Waals surface area contributed by atoms with Crippen molar-refractivity contribution >= 4 is 26.7 Å². The van der Waals surface area contributed by atoms with Crippen LogP contribution in [0.15, 0.2) is 28.7 Å². The molecule has 0 amide bonds. The first kappa shape index (κ1) is 9.72. The maximum absolute atomic E-state index is 3.65. The lowest BCUT2D eigenvalue weighted by atomic mass is 9.97. The number of hydrogen-bond donors (Lipinski definition) is 0. The zero-order valence-electron chi connectivity index (χ0n) is 8.69. The second kappa shape index (κ2) is 3.39. The van der Waals surface area contributed by atoms with E-state index in [1.54, 1.807) is 0 Å². The molecule has 14 heavy (non-hydrogen) atoms. The quantitative estimate of drug-likeness (QED) is 0.643. The highest BCUT2D eigenvalue weighted by molar-refractivity contribution is 9.10. The maximum Gasteiger partial charge on any atom is 0.0242 e. The van der Waals surface area contributed by atoms with Crippen molar-refractivity contribution in [3.05, 3.63) is 45.4 Å². The fourth-order valence-electron chi connectivity index (χ4n) is 1.90. The molecule has 0 spiro atoms. The minimum atomic E-state index is 1.24. The Morgan fingerprint density at radius 3 is 1.86 bits per heavy atom. The molecule has 0 radical (unpaired) electrons. The van der Waals surface area contributed by atoms with E-state index < -0.39 is 0 Å². The van der Waals surface area contributed by atoms with Crippen molar-refractivity contribution in [3.8, 4) is 0 Å². The van der Waals surface area contributed by atoms with Gasteiger partial charge in [0.15, 0.2) is 0 Å². The predicted octanol–water partition coefficient (Wildman–Crippen LogP) is 4.53. The molecule has 2 aromatic rings. The average Bonchev–Trinajstić information content (AvgIpc) is 2.23. The third-order valence-corrected chi connectivity index (χ3v) is 4.15. The van der Waals surface area contributed by atoms with E-state index in [1.165, 1.54) is 31.9 Å². The van der Waals surface area contributed by atoms with Gasteiger partial charge in [-0.25, -0.2) is 0 Å². The Morgan fingerprint density at radius 1 is 0.786 bits per heavy atom. The van der Waals surface area contributed by atoms with Crippen molar-refractivity contribution in [3.63, 3.8) is 0 Å². The van der Waals surface area contributed by atoms with Gasteiger partial charge in [-0.05, 0) is 48.2 Å². The lowest BCUT2D eigenvalue weighted by molar-refractivity contribution is 1.31. The smallest absolute Gasteiger partial charge is 0.0242 e. The third kappa shape index (κ3) is 1.27. The number of fused-ring (bicyclic) bond motifs is 1. The van der Waals surface area contributed by atoms with Crippen LogP contribution in [0, 0.1) is 20.8 Å². The summed E-state index contributed by atoms with van der Waals surface area (Å²) in [6, 6.07) is 8.57. The summed E-state index contributed by atoms with van der Waals surface area (Å²) in [5.74, 6) is 0. The molecule has 72 valence electrons. The Balaban J connectivity index is 3.02. The monoisotopic (exact) mass is 248 g/mol. The van der Waals surface area contributed by atoms with Crippen molar-refractivity contribution < 1.29 is 0 Å². The molecule has 2 aromatic carbocycles. The average molecular weight is 249 g/mol. The van der Waals surface area contributed by atoms with Crippen LogP contribution in [0.4, 0.5) is 0 Å². The summed E-state index contributed by atoms with van der Waals surface area (Å²) in [4.78, 5) is 0. The summed E-state index contributed by atoms with van der Waals surface area (Å²) in [6.45, 7) is 6.51. The van der Waals surface area contributed by atoms with Crippen LogP contribution in [0.1, 0.15) is 16.7 Å². The van der Waals surface area contributed by atoms with Gasteiger partial charge in [-0.15, -0.1) is 0 Å². The van der Waals surface area contributed by atoms with E-state index in [2.05, 4.69) is 61.0 Å². The first-order chi connectivity index (χ1) is 6.63. The van der Waals surface area contributed by atoms with Crippen LogP contribution in [0.2, 0.25) is 0 Å². The highest BCUT2D eigenvalue weighted by Crippen LogP contribution is 2.32. The second-order valence-corrected chi connectivity index (χ2v) is 4.53. The summed E-state index contributed by atoms with van der Waals surface area (Å²) < 4.78 is 1.24. The van der Waals surface area contributed by atoms with Gasteiger partial charge >= 0.3 is 0 Å². The topological polar surface area (TPSA) is 0 Å². The zero-order chi connectivity index (χ0) is 10.3. The maximum atomic E-state index is 3.65. The lowest BCUT2D eigenvalue weighted by Crippen LogP contribution is -1.90. The van der Waals surface area contributed by atoms with Gasteiger partial charge in [0, 0.05) is 4.47 Å². The molecule has 0 aliphatic carbocycles. The molecule has 0 atom stereocenters. The first-order valence-electron chi connectivity index (χ1n) is 4.77. The molecule has 1 heteroatoms. The van der Waals surface area contributed by atoms with E-state index in [-0.39, 0.29) is 0 Å². The molecular formula is C13H13Br. The Hall–Kier alpha value is -0.820. The van der Waals surface area contributed by atoms with E-state index in [9.17, 15) is 0 Å². The summed E-state index contributed by atoms with van der Waals surface area (Å²) >= 11 is 3.65. The number of hydrogen-bond acceptors (Lipinski definition) is 0. The first-order valence-corrected chi connectivity index (χ1v) is 5.56. The minimum Gasteiger partial charge on any atom is -0.0616 e. The van der Waals surface area contributed by atoms with Crippen molar-refractivity contribution in [2.45, 2.75) is 20.8 Å². The van der Waals surface area contributed by atoms with Gasteiger partial charge in [-0.1, -0.05) is 40.2 Å². The summed E-state index contributed by atoms with van der Waals surface area (Å²) in [6.07, 6.45) is 0. The SMILES string of the molecule is Cc1c(Br)c(C)c2ccccc2c1C. The number of rotatable bonds is 0. The third-order valence-electron chi connectivity index (χ3n) is 2.96. The molecule has 0 bridgehead atoms. The van der Waals surface area contributed by atoms with Gasteiger partial charge in [-0.2, -0.15) is 0 Å². The molecular weight excluding hydrogens is 236 g/mol. The van der Waals surface area contributed by atoms with Crippen LogP contribution >= 0.6 is 15.9 Å². The molecule has 0 saturated carbocycles. The number of benzene rings is 2. The Kier molecular flexibility index (Phi) is 2.36. The molecule has 0 N–H and O–H groups in total. The van der Waals surface area contributed by atoms with Crippen LogP contribution in [-0.4, -0.2) is 0 Å². The molecule has 0 saturated heterocycles. The number of aryl methyl sites for hydroxylation is 2. The highest BCUT2D eigenvalue weighted by Gasteiger charge is 2.08. The summed E-state index contributed by atoms with van der Waals surface area (Å²) in [7, 11) is 0.